The highest BCUT2D eigenvalue weighted by atomic mass is 16.5. The molecular weight excluding hydrogens is 250 g/mol. The van der Waals surface area contributed by atoms with E-state index in [1.807, 2.05) is 0 Å². The fourth-order valence-corrected chi connectivity index (χ4v) is 2.12. The molecule has 1 aliphatic heterocycles. The van der Waals surface area contributed by atoms with Crippen LogP contribution in [0.5, 0.6) is 0 Å². The molecule has 19 heavy (non-hydrogen) atoms. The van der Waals surface area contributed by atoms with Gasteiger partial charge in [-0.2, -0.15) is 0 Å². The Kier molecular flexibility index (Phi) is 5.75. The molecule has 0 aromatic rings. The number of carbonyl (C=O) groups excluding carboxylic acids is 3. The molecule has 0 aromatic carbocycles. The topological polar surface area (TPSA) is 102 Å². The zero-order chi connectivity index (χ0) is 14.4. The summed E-state index contributed by atoms with van der Waals surface area (Å²) >= 11 is 0. The van der Waals surface area contributed by atoms with Crippen LogP contribution < -0.4 is 11.1 Å². The van der Waals surface area contributed by atoms with E-state index in [9.17, 15) is 14.4 Å². The SMILES string of the molecule is CCOC(=O)C(N)C(=O)N1CCCC(C(=O)NC)C1. The molecule has 0 spiro atoms. The van der Waals surface area contributed by atoms with Crippen molar-refractivity contribution >= 4 is 17.8 Å². The van der Waals surface area contributed by atoms with E-state index >= 15 is 0 Å². The van der Waals surface area contributed by atoms with Gasteiger partial charge >= 0.3 is 5.97 Å². The number of esters is 1. The summed E-state index contributed by atoms with van der Waals surface area (Å²) in [6, 6.07) is -1.30. The number of carbonyl (C=O) groups is 3. The van der Waals surface area contributed by atoms with Crippen molar-refractivity contribution in [3.05, 3.63) is 0 Å². The maximum absolute atomic E-state index is 12.0. The molecular formula is C12H21N3O4. The molecule has 1 heterocycles. The summed E-state index contributed by atoms with van der Waals surface area (Å²) in [5.74, 6) is -1.54. The molecule has 0 bridgehead atoms. The zero-order valence-corrected chi connectivity index (χ0v) is 11.3. The van der Waals surface area contributed by atoms with E-state index in [0.29, 0.717) is 13.1 Å². The van der Waals surface area contributed by atoms with Crippen LogP contribution >= 0.6 is 0 Å². The van der Waals surface area contributed by atoms with Crippen LogP contribution in [0.15, 0.2) is 0 Å². The minimum absolute atomic E-state index is 0.0952. The number of rotatable bonds is 4. The quantitative estimate of drug-likeness (QED) is 0.497. The second-order valence-electron chi connectivity index (χ2n) is 4.47. The standard InChI is InChI=1S/C12H21N3O4/c1-3-19-12(18)9(13)11(17)15-6-4-5-8(7-15)10(16)14-2/h8-9H,3-7,13H2,1-2H3,(H,14,16). The number of nitrogens with two attached hydrogens (primary N) is 1. The van der Waals surface area contributed by atoms with E-state index < -0.39 is 17.9 Å². The minimum atomic E-state index is -1.30. The van der Waals surface area contributed by atoms with Crippen LogP contribution in [0.2, 0.25) is 0 Å². The van der Waals surface area contributed by atoms with Crippen LogP contribution in [0, 0.1) is 5.92 Å². The Bertz CT molecular complexity index is 359. The third kappa shape index (κ3) is 3.92. The van der Waals surface area contributed by atoms with Crippen molar-refractivity contribution < 1.29 is 19.1 Å². The van der Waals surface area contributed by atoms with E-state index in [1.54, 1.807) is 14.0 Å². The molecule has 0 aromatic heterocycles. The molecule has 7 heteroatoms. The molecule has 1 fully saturated rings. The monoisotopic (exact) mass is 271 g/mol. The van der Waals surface area contributed by atoms with Crippen molar-refractivity contribution in [2.45, 2.75) is 25.8 Å². The Balaban J connectivity index is 2.61. The number of amides is 2. The highest BCUT2D eigenvalue weighted by Gasteiger charge is 2.33. The molecule has 0 aliphatic carbocycles. The first-order chi connectivity index (χ1) is 9.01. The van der Waals surface area contributed by atoms with E-state index in [1.165, 1.54) is 4.90 Å². The van der Waals surface area contributed by atoms with Gasteiger partial charge in [0.05, 0.1) is 12.5 Å². The van der Waals surface area contributed by atoms with Crippen LogP contribution in [0.1, 0.15) is 19.8 Å². The van der Waals surface area contributed by atoms with Gasteiger partial charge in [-0.05, 0) is 19.8 Å². The van der Waals surface area contributed by atoms with Gasteiger partial charge in [-0.25, -0.2) is 4.79 Å². The molecule has 0 saturated carbocycles. The predicted octanol–water partition coefficient (Wildman–Crippen LogP) is -1.14. The van der Waals surface area contributed by atoms with Crippen LogP contribution in [0.25, 0.3) is 0 Å². The normalized spacial score (nSPS) is 20.6. The lowest BCUT2D eigenvalue weighted by molar-refractivity contribution is -0.151. The van der Waals surface area contributed by atoms with Crippen molar-refractivity contribution in [2.24, 2.45) is 11.7 Å². The van der Waals surface area contributed by atoms with Gasteiger partial charge < -0.3 is 20.7 Å². The van der Waals surface area contributed by atoms with Crippen LogP contribution in [0.4, 0.5) is 0 Å². The number of hydrogen-bond acceptors (Lipinski definition) is 5. The van der Waals surface area contributed by atoms with Crippen LogP contribution in [0.3, 0.4) is 0 Å². The van der Waals surface area contributed by atoms with Gasteiger partial charge in [0.15, 0.2) is 6.04 Å². The maximum Gasteiger partial charge on any atom is 0.332 e. The average molecular weight is 271 g/mol. The van der Waals surface area contributed by atoms with Crippen molar-refractivity contribution in [2.75, 3.05) is 26.7 Å². The number of hydrogen-bond donors (Lipinski definition) is 2. The first-order valence-corrected chi connectivity index (χ1v) is 6.43. The van der Waals surface area contributed by atoms with Gasteiger partial charge in [-0.1, -0.05) is 0 Å². The third-order valence-corrected chi connectivity index (χ3v) is 3.16. The highest BCUT2D eigenvalue weighted by molar-refractivity contribution is 6.01. The number of nitrogens with zero attached hydrogens (tertiary/aromatic N) is 1. The summed E-state index contributed by atoms with van der Waals surface area (Å²) in [7, 11) is 1.56. The molecule has 108 valence electrons. The van der Waals surface area contributed by atoms with E-state index in [0.717, 1.165) is 12.8 Å². The fourth-order valence-electron chi connectivity index (χ4n) is 2.12. The largest absolute Gasteiger partial charge is 0.464 e. The molecule has 2 amide bonds. The Hall–Kier alpha value is -1.63. The molecule has 3 N–H and O–H groups in total. The molecule has 1 aliphatic rings. The number of likely N-dealkylation sites (tertiary alicyclic amines) is 1. The van der Waals surface area contributed by atoms with Crippen molar-refractivity contribution in [3.8, 4) is 0 Å². The van der Waals surface area contributed by atoms with Gasteiger partial charge in [-0.15, -0.1) is 0 Å². The van der Waals surface area contributed by atoms with Crippen LogP contribution in [-0.4, -0.2) is 55.5 Å². The molecule has 2 unspecified atom stereocenters. The summed E-state index contributed by atoms with van der Waals surface area (Å²) in [5.41, 5.74) is 5.57. The Morgan fingerprint density at radius 3 is 2.74 bits per heavy atom. The fraction of sp³-hybridized carbons (Fsp3) is 0.750. The summed E-state index contributed by atoms with van der Waals surface area (Å²) in [6.07, 6.45) is 1.46. The van der Waals surface area contributed by atoms with Crippen molar-refractivity contribution in [1.82, 2.24) is 10.2 Å². The summed E-state index contributed by atoms with van der Waals surface area (Å²) in [5, 5.41) is 2.57. The van der Waals surface area contributed by atoms with E-state index in [4.69, 9.17) is 10.5 Å². The molecule has 0 radical (unpaired) electrons. The average Bonchev–Trinajstić information content (AvgIpc) is 2.45. The first-order valence-electron chi connectivity index (χ1n) is 6.43. The molecule has 1 rings (SSSR count). The van der Waals surface area contributed by atoms with Crippen LogP contribution in [-0.2, 0) is 19.1 Å². The smallest absolute Gasteiger partial charge is 0.332 e. The lowest BCUT2D eigenvalue weighted by Gasteiger charge is -2.32. The first kappa shape index (κ1) is 15.4. The summed E-state index contributed by atoms with van der Waals surface area (Å²) in [6.45, 7) is 2.64. The van der Waals surface area contributed by atoms with Gasteiger partial charge in [0.2, 0.25) is 5.91 Å². The second-order valence-corrected chi connectivity index (χ2v) is 4.47. The number of nitrogens with one attached hydrogen (secondary N) is 1. The molecule has 1 saturated heterocycles. The minimum Gasteiger partial charge on any atom is -0.464 e. The number of piperidine rings is 1. The van der Waals surface area contributed by atoms with Gasteiger partial charge in [0.25, 0.3) is 5.91 Å². The zero-order valence-electron chi connectivity index (χ0n) is 11.3. The van der Waals surface area contributed by atoms with Gasteiger partial charge in [0, 0.05) is 20.1 Å². The molecule has 7 nitrogen and oxygen atoms in total. The predicted molar refractivity (Wildman–Crippen MR) is 68.0 cm³/mol. The Morgan fingerprint density at radius 1 is 1.47 bits per heavy atom. The lowest BCUT2D eigenvalue weighted by atomic mass is 9.96. The summed E-state index contributed by atoms with van der Waals surface area (Å²) < 4.78 is 4.72. The molecule has 2 atom stereocenters. The maximum atomic E-state index is 12.0. The highest BCUT2D eigenvalue weighted by Crippen LogP contribution is 2.17. The van der Waals surface area contributed by atoms with E-state index in [2.05, 4.69) is 5.32 Å². The third-order valence-electron chi connectivity index (χ3n) is 3.16. The second kappa shape index (κ2) is 7.08. The number of ether oxygens (including phenoxy) is 1. The van der Waals surface area contributed by atoms with Gasteiger partial charge in [0.1, 0.15) is 0 Å². The lowest BCUT2D eigenvalue weighted by Crippen LogP contribution is -2.53. The van der Waals surface area contributed by atoms with Crippen molar-refractivity contribution in [1.29, 1.82) is 0 Å². The summed E-state index contributed by atoms with van der Waals surface area (Å²) in [4.78, 5) is 36.5. The Morgan fingerprint density at radius 2 is 2.16 bits per heavy atom. The van der Waals surface area contributed by atoms with Crippen molar-refractivity contribution in [3.63, 3.8) is 0 Å². The van der Waals surface area contributed by atoms with E-state index in [-0.39, 0.29) is 18.4 Å². The Labute approximate surface area is 112 Å². The van der Waals surface area contributed by atoms with Gasteiger partial charge in [-0.3, -0.25) is 9.59 Å².